The summed E-state index contributed by atoms with van der Waals surface area (Å²) in [7, 11) is -1.93. The van der Waals surface area contributed by atoms with Crippen molar-refractivity contribution < 1.29 is 27.1 Å². The number of aliphatic hydroxyl groups excluding tert-OH is 1. The predicted molar refractivity (Wildman–Crippen MR) is 159 cm³/mol. The number of sulfonamides is 1. The number of hydrogen-bond acceptors (Lipinski definition) is 7. The van der Waals surface area contributed by atoms with Gasteiger partial charge in [-0.2, -0.15) is 5.10 Å². The molecule has 0 atom stereocenters. The fourth-order valence-electron chi connectivity index (χ4n) is 6.10. The number of aryl methyl sites for hydroxylation is 1. The Bertz CT molecular complexity index is 1600. The predicted octanol–water partition coefficient (Wildman–Crippen LogP) is 4.18. The van der Waals surface area contributed by atoms with Crippen LogP contribution in [0, 0.1) is 5.41 Å². The SMILES string of the molecule is Cn1nc(N2CCC(F)(F)CC2)c2cc(NC(=O)c3ccc(NS(=O)(=O)CCO)cc3N3CCC4(CC3)CC4)ccc21. The number of carbonyl (C=O) groups is 1. The van der Waals surface area contributed by atoms with E-state index in [0.717, 1.165) is 36.8 Å². The number of hydrogen-bond donors (Lipinski definition) is 3. The van der Waals surface area contributed by atoms with Crippen LogP contribution in [-0.2, 0) is 17.1 Å². The third-order valence-electron chi connectivity index (χ3n) is 8.88. The topological polar surface area (TPSA) is 120 Å². The van der Waals surface area contributed by atoms with Crippen molar-refractivity contribution in [2.45, 2.75) is 44.4 Å². The second-order valence-corrected chi connectivity index (χ2v) is 13.7. The van der Waals surface area contributed by atoms with Gasteiger partial charge in [-0.25, -0.2) is 17.2 Å². The Kier molecular flexibility index (Phi) is 7.28. The molecular weight excluding hydrogens is 566 g/mol. The molecule has 6 rings (SSSR count). The maximum Gasteiger partial charge on any atom is 0.257 e. The van der Waals surface area contributed by atoms with E-state index in [0.29, 0.717) is 33.9 Å². The highest BCUT2D eigenvalue weighted by atomic mass is 32.2. The fraction of sp³-hybridized carbons (Fsp3) is 0.517. The third kappa shape index (κ3) is 5.89. The lowest BCUT2D eigenvalue weighted by atomic mass is 9.93. The molecule has 1 aliphatic carbocycles. The largest absolute Gasteiger partial charge is 0.395 e. The molecule has 226 valence electrons. The number of amides is 1. The van der Waals surface area contributed by atoms with Gasteiger partial charge in [0, 0.05) is 57.1 Å². The zero-order valence-corrected chi connectivity index (χ0v) is 24.4. The van der Waals surface area contributed by atoms with Crippen molar-refractivity contribution in [1.29, 1.82) is 0 Å². The molecule has 1 amide bonds. The van der Waals surface area contributed by atoms with Crippen LogP contribution in [-0.4, -0.2) is 73.7 Å². The van der Waals surface area contributed by atoms with Gasteiger partial charge in [0.15, 0.2) is 5.82 Å². The van der Waals surface area contributed by atoms with E-state index in [4.69, 9.17) is 5.11 Å². The van der Waals surface area contributed by atoms with E-state index in [1.807, 2.05) is 17.0 Å². The number of rotatable bonds is 8. The van der Waals surface area contributed by atoms with Crippen LogP contribution < -0.4 is 19.8 Å². The van der Waals surface area contributed by atoms with Crippen molar-refractivity contribution in [3.8, 4) is 0 Å². The Morgan fingerprint density at radius 3 is 2.29 bits per heavy atom. The van der Waals surface area contributed by atoms with E-state index in [1.54, 1.807) is 36.0 Å². The third-order valence-corrected chi connectivity index (χ3v) is 10.1. The highest BCUT2D eigenvalue weighted by molar-refractivity contribution is 7.92. The molecule has 3 heterocycles. The summed E-state index contributed by atoms with van der Waals surface area (Å²) in [6.07, 6.45) is 4.05. The molecule has 2 aromatic carbocycles. The van der Waals surface area contributed by atoms with E-state index in [1.165, 1.54) is 12.8 Å². The average molecular weight is 603 g/mol. The van der Waals surface area contributed by atoms with Crippen LogP contribution in [0.1, 0.15) is 48.9 Å². The first-order chi connectivity index (χ1) is 20.0. The van der Waals surface area contributed by atoms with Gasteiger partial charge in [-0.05, 0) is 67.5 Å². The Morgan fingerprint density at radius 2 is 1.62 bits per heavy atom. The Morgan fingerprint density at radius 1 is 0.952 bits per heavy atom. The number of anilines is 4. The molecule has 3 aliphatic rings. The first-order valence-electron chi connectivity index (χ1n) is 14.4. The minimum absolute atomic E-state index is 0.199. The monoisotopic (exact) mass is 602 g/mol. The molecule has 3 fully saturated rings. The molecule has 1 spiro atoms. The van der Waals surface area contributed by atoms with Gasteiger partial charge in [0.05, 0.1) is 34.8 Å². The van der Waals surface area contributed by atoms with Crippen molar-refractivity contribution in [1.82, 2.24) is 9.78 Å². The van der Waals surface area contributed by atoms with Crippen LogP contribution in [0.25, 0.3) is 10.9 Å². The fourth-order valence-corrected chi connectivity index (χ4v) is 6.93. The van der Waals surface area contributed by atoms with Crippen LogP contribution in [0.5, 0.6) is 0 Å². The lowest BCUT2D eigenvalue weighted by Gasteiger charge is -2.35. The summed E-state index contributed by atoms with van der Waals surface area (Å²) in [6, 6.07) is 10.3. The summed E-state index contributed by atoms with van der Waals surface area (Å²) in [5.74, 6) is -2.82. The van der Waals surface area contributed by atoms with E-state index in [2.05, 4.69) is 20.0 Å². The number of aromatic nitrogens is 2. The highest BCUT2D eigenvalue weighted by Crippen LogP contribution is 2.54. The standard InChI is InChI=1S/C29H36F2N6O4S/c1-35-24-5-3-20(18-23(24)26(33-35)37-14-10-29(30,31)11-15-37)32-27(39)22-4-2-21(34-42(40,41)17-16-38)19-25(22)36-12-8-28(6-7-28)9-13-36/h2-5,18-19,34,38H,6-17H2,1H3,(H,32,39). The van der Waals surface area contributed by atoms with Crippen molar-refractivity contribution in [3.05, 3.63) is 42.0 Å². The maximum absolute atomic E-state index is 13.8. The minimum atomic E-state index is -3.73. The van der Waals surface area contributed by atoms with Crippen molar-refractivity contribution in [3.63, 3.8) is 0 Å². The molecule has 2 saturated heterocycles. The molecule has 1 aromatic heterocycles. The summed E-state index contributed by atoms with van der Waals surface area (Å²) in [6.45, 7) is 1.44. The number of benzene rings is 2. The molecular formula is C29H36F2N6O4S. The highest BCUT2D eigenvalue weighted by Gasteiger charge is 2.44. The summed E-state index contributed by atoms with van der Waals surface area (Å²) in [5, 5.41) is 17.5. The first-order valence-corrected chi connectivity index (χ1v) is 16.0. The van der Waals surface area contributed by atoms with Gasteiger partial charge in [-0.15, -0.1) is 0 Å². The van der Waals surface area contributed by atoms with E-state index < -0.39 is 28.3 Å². The van der Waals surface area contributed by atoms with Crippen LogP contribution in [0.2, 0.25) is 0 Å². The van der Waals surface area contributed by atoms with E-state index in [9.17, 15) is 22.0 Å². The lowest BCUT2D eigenvalue weighted by molar-refractivity contribution is -0.0221. The smallest absolute Gasteiger partial charge is 0.257 e. The zero-order valence-electron chi connectivity index (χ0n) is 23.6. The number of nitrogens with one attached hydrogen (secondary N) is 2. The van der Waals surface area contributed by atoms with Gasteiger partial charge in [0.25, 0.3) is 11.8 Å². The van der Waals surface area contributed by atoms with Crippen LogP contribution >= 0.6 is 0 Å². The van der Waals surface area contributed by atoms with Gasteiger partial charge in [0.1, 0.15) is 0 Å². The minimum Gasteiger partial charge on any atom is -0.395 e. The Balaban J connectivity index is 1.27. The normalized spacial score (nSPS) is 19.7. The molecule has 10 nitrogen and oxygen atoms in total. The van der Waals surface area contributed by atoms with Crippen molar-refractivity contribution in [2.75, 3.05) is 58.4 Å². The number of halogens is 2. The van der Waals surface area contributed by atoms with Gasteiger partial charge >= 0.3 is 0 Å². The van der Waals surface area contributed by atoms with Crippen molar-refractivity contribution in [2.24, 2.45) is 12.5 Å². The van der Waals surface area contributed by atoms with Crippen LogP contribution in [0.15, 0.2) is 36.4 Å². The van der Waals surface area contributed by atoms with Gasteiger partial charge in [-0.3, -0.25) is 14.2 Å². The molecule has 0 unspecified atom stereocenters. The lowest BCUT2D eigenvalue weighted by Crippen LogP contribution is -2.39. The number of carbonyl (C=O) groups excluding carboxylic acids is 1. The summed E-state index contributed by atoms with van der Waals surface area (Å²) in [5.41, 5.74) is 3.16. The van der Waals surface area contributed by atoms with E-state index >= 15 is 0 Å². The Labute approximate surface area is 243 Å². The Hall–Kier alpha value is -3.45. The molecule has 0 radical (unpaired) electrons. The summed E-state index contributed by atoms with van der Waals surface area (Å²) in [4.78, 5) is 17.7. The molecule has 1 saturated carbocycles. The average Bonchev–Trinajstić information content (AvgIpc) is 3.62. The number of alkyl halides is 2. The second-order valence-electron chi connectivity index (χ2n) is 11.8. The molecule has 0 bridgehead atoms. The van der Waals surface area contributed by atoms with Crippen molar-refractivity contribution >= 4 is 49.7 Å². The van der Waals surface area contributed by atoms with Gasteiger partial charge < -0.3 is 20.2 Å². The number of aliphatic hydroxyl groups is 1. The molecule has 13 heteroatoms. The summed E-state index contributed by atoms with van der Waals surface area (Å²) >= 11 is 0. The molecule has 3 aromatic rings. The number of piperidine rings is 2. The maximum atomic E-state index is 13.8. The number of nitrogens with zero attached hydrogens (tertiary/aromatic N) is 4. The quantitative estimate of drug-likeness (QED) is 0.354. The number of fused-ring (bicyclic) bond motifs is 1. The molecule has 3 N–H and O–H groups in total. The van der Waals surface area contributed by atoms with Gasteiger partial charge in [0.2, 0.25) is 10.0 Å². The second kappa shape index (κ2) is 10.7. The molecule has 42 heavy (non-hydrogen) atoms. The van der Waals surface area contributed by atoms with Crippen LogP contribution in [0.4, 0.5) is 31.7 Å². The van der Waals surface area contributed by atoms with Gasteiger partial charge in [-0.1, -0.05) is 0 Å². The van der Waals surface area contributed by atoms with Crippen LogP contribution in [0.3, 0.4) is 0 Å². The zero-order chi connectivity index (χ0) is 29.7. The molecule has 2 aliphatic heterocycles. The first kappa shape index (κ1) is 28.7. The summed E-state index contributed by atoms with van der Waals surface area (Å²) < 4.78 is 56.4. The van der Waals surface area contributed by atoms with E-state index in [-0.39, 0.29) is 31.8 Å².